The number of carbonyl (C=O) groups excluding carboxylic acids is 1. The van der Waals surface area contributed by atoms with Crippen molar-refractivity contribution in [1.82, 2.24) is 4.98 Å². The summed E-state index contributed by atoms with van der Waals surface area (Å²) in [5, 5.41) is 13.3. The molecule has 1 N–H and O–H groups in total. The number of hydrogen-bond acceptors (Lipinski definition) is 6. The normalized spacial score (nSPS) is 10.6. The molecule has 1 rings (SSSR count). The predicted octanol–water partition coefficient (Wildman–Crippen LogP) is 3.06. The summed E-state index contributed by atoms with van der Waals surface area (Å²) in [6, 6.07) is 0. The first-order chi connectivity index (χ1) is 7.40. The maximum Gasteiger partial charge on any atom is 0.413 e. The summed E-state index contributed by atoms with van der Waals surface area (Å²) < 4.78 is 5.79. The zero-order valence-electron chi connectivity index (χ0n) is 9.10. The van der Waals surface area contributed by atoms with E-state index in [9.17, 15) is 4.79 Å². The van der Waals surface area contributed by atoms with Gasteiger partial charge >= 0.3 is 6.09 Å². The van der Waals surface area contributed by atoms with E-state index < -0.39 is 11.7 Å². The molecule has 0 aliphatic rings. The molecule has 0 bridgehead atoms. The number of nitrogens with one attached hydrogen (secondary N) is 1. The lowest BCUT2D eigenvalue weighted by Crippen LogP contribution is -2.27. The van der Waals surface area contributed by atoms with Crippen LogP contribution in [0, 0.1) is 10.7 Å². The third-order valence-corrected chi connectivity index (χ3v) is 2.84. The van der Waals surface area contributed by atoms with Gasteiger partial charge in [-0.2, -0.15) is 5.26 Å². The van der Waals surface area contributed by atoms with E-state index >= 15 is 0 Å². The van der Waals surface area contributed by atoms with E-state index in [1.807, 2.05) is 5.40 Å². The Morgan fingerprint density at radius 3 is 2.94 bits per heavy atom. The molecular formula is C9H11N3O2S2. The van der Waals surface area contributed by atoms with Crippen molar-refractivity contribution >= 4 is 34.3 Å². The molecule has 0 saturated heterocycles. The topological polar surface area (TPSA) is 75.0 Å². The molecule has 0 radical (unpaired) electrons. The van der Waals surface area contributed by atoms with Crippen molar-refractivity contribution in [3.8, 4) is 5.40 Å². The first-order valence-corrected chi connectivity index (χ1v) is 6.06. The van der Waals surface area contributed by atoms with Crippen LogP contribution < -0.4 is 5.32 Å². The molecule has 0 aromatic carbocycles. The highest BCUT2D eigenvalue weighted by molar-refractivity contribution is 8.05. The summed E-state index contributed by atoms with van der Waals surface area (Å²) in [6.45, 7) is 5.35. The fourth-order valence-electron chi connectivity index (χ4n) is 0.800. The van der Waals surface area contributed by atoms with Crippen LogP contribution in [0.4, 0.5) is 9.93 Å². The Morgan fingerprint density at radius 2 is 2.38 bits per heavy atom. The van der Waals surface area contributed by atoms with Gasteiger partial charge in [-0.05, 0) is 20.8 Å². The summed E-state index contributed by atoms with van der Waals surface area (Å²) in [5.41, 5.74) is -0.536. The Balaban J connectivity index is 2.54. The number of thiazole rings is 1. The SMILES string of the molecule is CC(C)(C)OC(=O)Nc1ncc(SC#N)s1. The Hall–Kier alpha value is -1.26. The number of carbonyl (C=O) groups is 1. The van der Waals surface area contributed by atoms with E-state index in [1.165, 1.54) is 17.5 Å². The van der Waals surface area contributed by atoms with Crippen LogP contribution in [0.1, 0.15) is 20.8 Å². The second kappa shape index (κ2) is 5.18. The fourth-order valence-corrected chi connectivity index (χ4v) is 2.05. The van der Waals surface area contributed by atoms with Crippen LogP contribution in [0.15, 0.2) is 10.4 Å². The van der Waals surface area contributed by atoms with E-state index in [-0.39, 0.29) is 0 Å². The van der Waals surface area contributed by atoms with E-state index in [1.54, 1.807) is 20.8 Å². The maximum absolute atomic E-state index is 11.4. The maximum atomic E-state index is 11.4. The molecule has 0 unspecified atom stereocenters. The van der Waals surface area contributed by atoms with Gasteiger partial charge in [0.25, 0.3) is 0 Å². The van der Waals surface area contributed by atoms with Gasteiger partial charge in [0.15, 0.2) is 5.13 Å². The summed E-state index contributed by atoms with van der Waals surface area (Å²) in [6.07, 6.45) is 0.987. The number of thiocyanates is 1. The molecular weight excluding hydrogens is 246 g/mol. The van der Waals surface area contributed by atoms with Gasteiger partial charge in [0.05, 0.1) is 10.4 Å². The molecule has 1 amide bonds. The lowest BCUT2D eigenvalue weighted by atomic mass is 10.2. The third kappa shape index (κ3) is 4.51. The number of aromatic nitrogens is 1. The quantitative estimate of drug-likeness (QED) is 0.651. The molecule has 5 nitrogen and oxygen atoms in total. The standard InChI is InChI=1S/C9H11N3O2S2/c1-9(2,3)14-8(13)12-7-11-4-6(16-7)15-5-10/h4H,1-3H3,(H,11,12,13). The molecule has 7 heteroatoms. The highest BCUT2D eigenvalue weighted by Gasteiger charge is 2.17. The largest absolute Gasteiger partial charge is 0.444 e. The van der Waals surface area contributed by atoms with Crippen LogP contribution in [0.2, 0.25) is 0 Å². The molecule has 0 spiro atoms. The van der Waals surface area contributed by atoms with Crippen molar-refractivity contribution in [1.29, 1.82) is 5.26 Å². The minimum absolute atomic E-state index is 0.423. The smallest absolute Gasteiger partial charge is 0.413 e. The predicted molar refractivity (Wildman–Crippen MR) is 63.4 cm³/mol. The van der Waals surface area contributed by atoms with Gasteiger partial charge in [0.1, 0.15) is 11.0 Å². The number of hydrogen-bond donors (Lipinski definition) is 1. The second-order valence-corrected chi connectivity index (χ2v) is 5.92. The van der Waals surface area contributed by atoms with Crippen molar-refractivity contribution in [3.63, 3.8) is 0 Å². The number of ether oxygens (including phenoxy) is 1. The summed E-state index contributed by atoms with van der Waals surface area (Å²) in [4.78, 5) is 15.3. The van der Waals surface area contributed by atoms with Gasteiger partial charge in [-0.15, -0.1) is 0 Å². The number of nitriles is 1. The number of nitrogens with zero attached hydrogens (tertiary/aromatic N) is 2. The van der Waals surface area contributed by atoms with Gasteiger partial charge in [0.2, 0.25) is 0 Å². The minimum atomic E-state index is -0.546. The number of thioether (sulfide) groups is 1. The number of rotatable bonds is 2. The average molecular weight is 257 g/mol. The van der Waals surface area contributed by atoms with Gasteiger partial charge in [0, 0.05) is 11.8 Å². The van der Waals surface area contributed by atoms with Crippen molar-refractivity contribution < 1.29 is 9.53 Å². The molecule has 0 atom stereocenters. The molecule has 0 aliphatic heterocycles. The van der Waals surface area contributed by atoms with Gasteiger partial charge in [-0.1, -0.05) is 11.3 Å². The van der Waals surface area contributed by atoms with Gasteiger partial charge < -0.3 is 4.74 Å². The van der Waals surface area contributed by atoms with E-state index in [0.717, 1.165) is 16.0 Å². The number of anilines is 1. The van der Waals surface area contributed by atoms with Crippen LogP contribution >= 0.6 is 23.1 Å². The lowest BCUT2D eigenvalue weighted by Gasteiger charge is -2.18. The summed E-state index contributed by atoms with van der Waals surface area (Å²) >= 11 is 2.23. The molecule has 0 fully saturated rings. The summed E-state index contributed by atoms with van der Waals surface area (Å²) in [5.74, 6) is 0. The molecule has 1 aromatic heterocycles. The first-order valence-electron chi connectivity index (χ1n) is 4.42. The van der Waals surface area contributed by atoms with E-state index in [4.69, 9.17) is 10.00 Å². The first kappa shape index (κ1) is 12.8. The number of amides is 1. The van der Waals surface area contributed by atoms with Gasteiger partial charge in [-0.3, -0.25) is 5.32 Å². The zero-order valence-corrected chi connectivity index (χ0v) is 10.7. The van der Waals surface area contributed by atoms with Crippen LogP contribution in [-0.4, -0.2) is 16.7 Å². The molecule has 0 aliphatic carbocycles. The molecule has 1 heterocycles. The van der Waals surface area contributed by atoms with Crippen molar-refractivity contribution in [3.05, 3.63) is 6.20 Å². The Morgan fingerprint density at radius 1 is 1.69 bits per heavy atom. The Kier molecular flexibility index (Phi) is 4.15. The molecule has 86 valence electrons. The van der Waals surface area contributed by atoms with Gasteiger partial charge in [-0.25, -0.2) is 9.78 Å². The highest BCUT2D eigenvalue weighted by Crippen LogP contribution is 2.27. The van der Waals surface area contributed by atoms with Crippen LogP contribution in [-0.2, 0) is 4.74 Å². The second-order valence-electron chi connectivity index (χ2n) is 3.80. The highest BCUT2D eigenvalue weighted by atomic mass is 32.2. The molecule has 0 saturated carbocycles. The third-order valence-electron chi connectivity index (χ3n) is 1.24. The van der Waals surface area contributed by atoms with Crippen molar-refractivity contribution in [2.75, 3.05) is 5.32 Å². The Bertz CT molecular complexity index is 417. The summed E-state index contributed by atoms with van der Waals surface area (Å²) in [7, 11) is 0. The molecule has 16 heavy (non-hydrogen) atoms. The lowest BCUT2D eigenvalue weighted by molar-refractivity contribution is 0.0636. The average Bonchev–Trinajstić information content (AvgIpc) is 2.49. The fraction of sp³-hybridized carbons (Fsp3) is 0.444. The van der Waals surface area contributed by atoms with Crippen LogP contribution in [0.3, 0.4) is 0 Å². The van der Waals surface area contributed by atoms with E-state index in [2.05, 4.69) is 10.3 Å². The van der Waals surface area contributed by atoms with Crippen LogP contribution in [0.5, 0.6) is 0 Å². The van der Waals surface area contributed by atoms with Crippen molar-refractivity contribution in [2.24, 2.45) is 0 Å². The zero-order chi connectivity index (χ0) is 12.2. The Labute approximate surface area is 102 Å². The van der Waals surface area contributed by atoms with E-state index in [0.29, 0.717) is 5.13 Å². The monoisotopic (exact) mass is 257 g/mol. The minimum Gasteiger partial charge on any atom is -0.444 e. The van der Waals surface area contributed by atoms with Crippen LogP contribution in [0.25, 0.3) is 0 Å². The molecule has 1 aromatic rings. The van der Waals surface area contributed by atoms with Crippen molar-refractivity contribution in [2.45, 2.75) is 30.6 Å².